The molecule has 188 valence electrons. The monoisotopic (exact) mass is 503 g/mol. The Labute approximate surface area is 194 Å². The maximum Gasteiger partial charge on any atom is 0.510 e. The van der Waals surface area contributed by atoms with Crippen molar-refractivity contribution in [3.63, 3.8) is 0 Å². The van der Waals surface area contributed by atoms with E-state index in [0.717, 1.165) is 0 Å². The molecule has 16 heteroatoms. The van der Waals surface area contributed by atoms with Crippen LogP contribution in [-0.2, 0) is 32.3 Å². The smallest absolute Gasteiger partial charge is 0.476 e. The van der Waals surface area contributed by atoms with Crippen LogP contribution in [-0.4, -0.2) is 74.7 Å². The number of anilines is 1. The van der Waals surface area contributed by atoms with Gasteiger partial charge in [0.25, 0.3) is 0 Å². The van der Waals surface area contributed by atoms with Crippen LogP contribution in [0.4, 0.5) is 10.7 Å². The van der Waals surface area contributed by atoms with Gasteiger partial charge in [-0.15, -0.1) is 0 Å². The molecule has 4 heterocycles. The number of carbonyl (C=O) groups is 1. The molecule has 0 bridgehead atoms. The van der Waals surface area contributed by atoms with Crippen LogP contribution in [0.2, 0.25) is 0 Å². The molecule has 2 fully saturated rings. The molecule has 0 spiro atoms. The summed E-state index contributed by atoms with van der Waals surface area (Å²) in [6, 6.07) is 0. The summed E-state index contributed by atoms with van der Waals surface area (Å²) in [7, 11) is -4.19. The normalized spacial score (nSPS) is 30.9. The largest absolute Gasteiger partial charge is 0.510 e. The minimum atomic E-state index is -4.19. The van der Waals surface area contributed by atoms with E-state index in [9.17, 15) is 14.5 Å². The van der Waals surface area contributed by atoms with Gasteiger partial charge in [-0.25, -0.2) is 18.9 Å². The average molecular weight is 503 g/mol. The van der Waals surface area contributed by atoms with Crippen molar-refractivity contribution in [2.45, 2.75) is 57.8 Å². The van der Waals surface area contributed by atoms with Crippen molar-refractivity contribution in [3.8, 4) is 5.88 Å². The highest BCUT2D eigenvalue weighted by Crippen LogP contribution is 2.58. The molecule has 0 radical (unpaired) electrons. The summed E-state index contributed by atoms with van der Waals surface area (Å²) in [5, 5.41) is 11.3. The van der Waals surface area contributed by atoms with E-state index in [1.54, 1.807) is 20.8 Å². The Morgan fingerprint density at radius 3 is 2.91 bits per heavy atom. The van der Waals surface area contributed by atoms with Crippen molar-refractivity contribution in [1.82, 2.24) is 19.5 Å². The third-order valence-corrected chi connectivity index (χ3v) is 6.39. The fraction of sp³-hybridized carbons (Fsp3) is 0.667. The molecule has 2 aliphatic heterocycles. The number of aromatic nitrogens is 4. The third kappa shape index (κ3) is 4.67. The highest BCUT2D eigenvalue weighted by atomic mass is 31.2. The van der Waals surface area contributed by atoms with Crippen LogP contribution in [0.15, 0.2) is 6.33 Å². The third-order valence-electron chi connectivity index (χ3n) is 5.02. The van der Waals surface area contributed by atoms with Gasteiger partial charge >= 0.3 is 14.0 Å². The van der Waals surface area contributed by atoms with Crippen LogP contribution in [0.25, 0.3) is 11.2 Å². The van der Waals surface area contributed by atoms with Crippen molar-refractivity contribution in [1.29, 1.82) is 0 Å². The second kappa shape index (κ2) is 9.24. The van der Waals surface area contributed by atoms with E-state index in [2.05, 4.69) is 15.0 Å². The lowest BCUT2D eigenvalue weighted by molar-refractivity contribution is -0.0957. The molecule has 0 aliphatic carbocycles. The summed E-state index contributed by atoms with van der Waals surface area (Å²) >= 11 is 0. The predicted molar refractivity (Wildman–Crippen MR) is 113 cm³/mol. The highest BCUT2D eigenvalue weighted by molar-refractivity contribution is 7.48. The van der Waals surface area contributed by atoms with Crippen molar-refractivity contribution < 1.29 is 47.0 Å². The number of carbonyl (C=O) groups excluding carboxylic acids is 1. The molecule has 34 heavy (non-hydrogen) atoms. The number of nitrogens with two attached hydrogens (primary N) is 1. The van der Waals surface area contributed by atoms with E-state index in [-0.39, 0.29) is 24.1 Å². The van der Waals surface area contributed by atoms with Crippen LogP contribution in [0.3, 0.4) is 0 Å². The summed E-state index contributed by atoms with van der Waals surface area (Å²) in [5.74, 6) is 0.133. The number of hydrogen-bond acceptors (Lipinski definition) is 14. The van der Waals surface area contributed by atoms with Gasteiger partial charge in [0, 0.05) is 0 Å². The van der Waals surface area contributed by atoms with Crippen molar-refractivity contribution >= 4 is 31.1 Å². The number of hydrogen-bond donors (Lipinski definition) is 2. The number of aliphatic hydroxyl groups is 1. The summed E-state index contributed by atoms with van der Waals surface area (Å²) in [4.78, 5) is 24.0. The molecule has 3 N–H and O–H groups in total. The molecular formula is C18H26N5O10P. The van der Waals surface area contributed by atoms with Crippen LogP contribution >= 0.6 is 7.82 Å². The number of phosphoric acid groups is 1. The lowest BCUT2D eigenvalue weighted by Crippen LogP contribution is -2.47. The summed E-state index contributed by atoms with van der Waals surface area (Å²) < 4.78 is 51.0. The Kier molecular flexibility index (Phi) is 6.68. The summed E-state index contributed by atoms with van der Waals surface area (Å²) in [5.41, 5.74) is 4.66. The van der Waals surface area contributed by atoms with E-state index in [4.69, 9.17) is 38.3 Å². The number of fused-ring (bicyclic) bond motifs is 2. The van der Waals surface area contributed by atoms with Gasteiger partial charge < -0.3 is 29.8 Å². The first-order valence-electron chi connectivity index (χ1n) is 10.5. The SMILES string of the molecule is CCOc1nc(N)nc2c1ncn2[C@@H]1O[C@@H]2CO[P@@](=O)(OCOC(=O)OC(C)C)O[C@H]2[C@@]1(C)O. The van der Waals surface area contributed by atoms with Crippen molar-refractivity contribution in [2.24, 2.45) is 0 Å². The molecule has 2 saturated heterocycles. The van der Waals surface area contributed by atoms with Gasteiger partial charge in [0.2, 0.25) is 18.6 Å². The Hall–Kier alpha value is -2.55. The first kappa shape index (κ1) is 24.6. The van der Waals surface area contributed by atoms with E-state index < -0.39 is 50.9 Å². The number of rotatable bonds is 7. The lowest BCUT2D eigenvalue weighted by Gasteiger charge is -2.34. The number of imidazole rings is 1. The zero-order valence-corrected chi connectivity index (χ0v) is 19.8. The molecular weight excluding hydrogens is 477 g/mol. The van der Waals surface area contributed by atoms with Gasteiger partial charge in [-0.2, -0.15) is 9.97 Å². The van der Waals surface area contributed by atoms with Gasteiger partial charge in [-0.05, 0) is 27.7 Å². The van der Waals surface area contributed by atoms with E-state index in [0.29, 0.717) is 12.1 Å². The molecule has 2 aromatic heterocycles. The summed E-state index contributed by atoms with van der Waals surface area (Å²) in [6.07, 6.45) is -3.01. The Morgan fingerprint density at radius 2 is 2.21 bits per heavy atom. The maximum absolute atomic E-state index is 12.9. The van der Waals surface area contributed by atoms with Crippen LogP contribution in [0.5, 0.6) is 5.88 Å². The molecule has 2 aromatic rings. The molecule has 4 rings (SSSR count). The van der Waals surface area contributed by atoms with E-state index in [1.807, 2.05) is 0 Å². The van der Waals surface area contributed by atoms with Crippen molar-refractivity contribution in [3.05, 3.63) is 6.33 Å². The minimum Gasteiger partial charge on any atom is -0.476 e. The first-order chi connectivity index (χ1) is 16.0. The minimum absolute atomic E-state index is 0.0544. The Balaban J connectivity index is 1.51. The standard InChI is InChI=1S/C18H26N5O10P/c1-5-27-14-11-13(21-16(19)22-14)23(7-20-11)15-18(4,25)12-10(32-15)6-29-34(26,33-12)30-8-28-17(24)31-9(2)3/h7,9-10,12,15,25H,5-6,8H2,1-4H3,(H2,19,21,22)/t10-,12-,15-,18-,34+/m1/s1. The zero-order valence-electron chi connectivity index (χ0n) is 18.9. The number of nitrogen functional groups attached to an aromatic ring is 1. The maximum atomic E-state index is 12.9. The quantitative estimate of drug-likeness (QED) is 0.314. The zero-order chi connectivity index (χ0) is 24.7. The number of ether oxygens (including phenoxy) is 4. The molecule has 0 saturated carbocycles. The topological polar surface area (TPSA) is 189 Å². The van der Waals surface area contributed by atoms with Crippen LogP contribution in [0, 0.1) is 0 Å². The van der Waals surface area contributed by atoms with Gasteiger partial charge in [-0.3, -0.25) is 13.6 Å². The molecule has 0 aromatic carbocycles. The van der Waals surface area contributed by atoms with Crippen LogP contribution < -0.4 is 10.5 Å². The lowest BCUT2D eigenvalue weighted by atomic mass is 9.96. The molecule has 0 unspecified atom stereocenters. The Bertz CT molecular complexity index is 1110. The molecule has 15 nitrogen and oxygen atoms in total. The van der Waals surface area contributed by atoms with E-state index in [1.165, 1.54) is 17.8 Å². The van der Waals surface area contributed by atoms with Gasteiger partial charge in [-0.1, -0.05) is 0 Å². The van der Waals surface area contributed by atoms with Crippen molar-refractivity contribution in [2.75, 3.05) is 25.7 Å². The predicted octanol–water partition coefficient (Wildman–Crippen LogP) is 1.51. The molecule has 2 aliphatic rings. The summed E-state index contributed by atoms with van der Waals surface area (Å²) in [6.45, 7) is 5.87. The fourth-order valence-corrected chi connectivity index (χ4v) is 4.96. The second-order valence-corrected chi connectivity index (χ2v) is 9.60. The first-order valence-corrected chi connectivity index (χ1v) is 11.9. The highest BCUT2D eigenvalue weighted by Gasteiger charge is 2.60. The van der Waals surface area contributed by atoms with Crippen LogP contribution in [0.1, 0.15) is 33.9 Å². The van der Waals surface area contributed by atoms with Gasteiger partial charge in [0.1, 0.15) is 17.8 Å². The fourth-order valence-electron chi connectivity index (χ4n) is 3.62. The van der Waals surface area contributed by atoms with Gasteiger partial charge in [0.05, 0.1) is 25.6 Å². The van der Waals surface area contributed by atoms with E-state index >= 15 is 0 Å². The Morgan fingerprint density at radius 1 is 1.44 bits per heavy atom. The molecule has 5 atom stereocenters. The number of nitrogens with zero attached hydrogens (tertiary/aromatic N) is 4. The second-order valence-electron chi connectivity index (χ2n) is 7.97. The molecule has 0 amide bonds. The average Bonchev–Trinajstić information content (AvgIpc) is 3.26. The van der Waals surface area contributed by atoms with Gasteiger partial charge in [0.15, 0.2) is 17.4 Å². The number of phosphoric ester groups is 1.